The summed E-state index contributed by atoms with van der Waals surface area (Å²) in [4.78, 5) is 0. The fourth-order valence-corrected chi connectivity index (χ4v) is 1.36. The molecule has 1 aromatic carbocycles. The quantitative estimate of drug-likeness (QED) is 0.752. The highest BCUT2D eigenvalue weighted by Crippen LogP contribution is 2.12. The summed E-state index contributed by atoms with van der Waals surface area (Å²) < 4.78 is 12.6. The van der Waals surface area contributed by atoms with Gasteiger partial charge in [-0.1, -0.05) is 12.1 Å². The number of nitrogens with zero attached hydrogens (tertiary/aromatic N) is 1. The van der Waals surface area contributed by atoms with Crippen molar-refractivity contribution in [3.8, 4) is 6.07 Å². The minimum absolute atomic E-state index is 0.198. The van der Waals surface area contributed by atoms with Gasteiger partial charge in [0.25, 0.3) is 0 Å². The second kappa shape index (κ2) is 6.15. The van der Waals surface area contributed by atoms with Crippen LogP contribution in [0.4, 0.5) is 4.39 Å². The van der Waals surface area contributed by atoms with Crippen LogP contribution in [0.15, 0.2) is 24.3 Å². The number of nitriles is 1. The lowest BCUT2D eigenvalue weighted by Crippen LogP contribution is -2.19. The van der Waals surface area contributed by atoms with E-state index in [1.807, 2.05) is 6.92 Å². The van der Waals surface area contributed by atoms with Gasteiger partial charge in [-0.05, 0) is 37.6 Å². The maximum Gasteiger partial charge on any atom is 0.123 e. The van der Waals surface area contributed by atoms with E-state index in [-0.39, 0.29) is 11.9 Å². The lowest BCUT2D eigenvalue weighted by atomic mass is 10.1. The Morgan fingerprint density at radius 1 is 1.40 bits per heavy atom. The maximum atomic E-state index is 12.6. The van der Waals surface area contributed by atoms with Gasteiger partial charge in [-0.2, -0.15) is 5.26 Å². The van der Waals surface area contributed by atoms with Crippen LogP contribution in [0.3, 0.4) is 0 Å². The Bertz CT molecular complexity index is 326. The van der Waals surface area contributed by atoms with Gasteiger partial charge in [0.1, 0.15) is 5.82 Å². The normalized spacial score (nSPS) is 12.1. The van der Waals surface area contributed by atoms with Crippen LogP contribution in [0.2, 0.25) is 0 Å². The van der Waals surface area contributed by atoms with Gasteiger partial charge < -0.3 is 5.32 Å². The first kappa shape index (κ1) is 11.7. The molecule has 2 nitrogen and oxygen atoms in total. The van der Waals surface area contributed by atoms with Crippen LogP contribution >= 0.6 is 0 Å². The lowest BCUT2D eigenvalue weighted by molar-refractivity contribution is 0.559. The van der Waals surface area contributed by atoms with Crippen molar-refractivity contribution in [3.05, 3.63) is 35.6 Å². The number of halogens is 1. The highest BCUT2D eigenvalue weighted by Gasteiger charge is 2.03. The van der Waals surface area contributed by atoms with Crippen LogP contribution < -0.4 is 5.32 Å². The first-order valence-corrected chi connectivity index (χ1v) is 5.10. The SMILES string of the molecule is C[C@@H](NCCCC#N)c1ccc(F)cc1. The average Bonchev–Trinajstić information content (AvgIpc) is 2.25. The summed E-state index contributed by atoms with van der Waals surface area (Å²) in [6.45, 7) is 2.84. The number of hydrogen-bond acceptors (Lipinski definition) is 2. The Kier molecular flexibility index (Phi) is 4.79. The van der Waals surface area contributed by atoms with Gasteiger partial charge >= 0.3 is 0 Å². The van der Waals surface area contributed by atoms with Gasteiger partial charge in [0.15, 0.2) is 0 Å². The van der Waals surface area contributed by atoms with Crippen LogP contribution in [0, 0.1) is 17.1 Å². The molecule has 15 heavy (non-hydrogen) atoms. The molecule has 0 aliphatic rings. The molecule has 0 aliphatic heterocycles. The second-order valence-electron chi connectivity index (χ2n) is 3.49. The third kappa shape index (κ3) is 4.09. The van der Waals surface area contributed by atoms with Crippen LogP contribution in [-0.4, -0.2) is 6.54 Å². The molecule has 1 atom stereocenters. The molecule has 0 aliphatic carbocycles. The van der Waals surface area contributed by atoms with Gasteiger partial charge in [0.05, 0.1) is 6.07 Å². The van der Waals surface area contributed by atoms with Crippen LogP contribution in [0.5, 0.6) is 0 Å². The zero-order valence-corrected chi connectivity index (χ0v) is 8.83. The molecule has 0 bridgehead atoms. The molecule has 1 aromatic rings. The molecule has 0 saturated heterocycles. The molecule has 0 heterocycles. The summed E-state index contributed by atoms with van der Waals surface area (Å²) in [7, 11) is 0. The minimum Gasteiger partial charge on any atom is -0.310 e. The molecule has 0 unspecified atom stereocenters. The molecule has 0 spiro atoms. The van der Waals surface area contributed by atoms with Crippen molar-refractivity contribution in [2.24, 2.45) is 0 Å². The molecule has 80 valence electrons. The van der Waals surface area contributed by atoms with Crippen molar-refractivity contribution in [3.63, 3.8) is 0 Å². The monoisotopic (exact) mass is 206 g/mol. The average molecular weight is 206 g/mol. The summed E-state index contributed by atoms with van der Waals surface area (Å²) in [6, 6.07) is 8.77. The topological polar surface area (TPSA) is 35.8 Å². The number of unbranched alkanes of at least 4 members (excludes halogenated alkanes) is 1. The summed E-state index contributed by atoms with van der Waals surface area (Å²) in [5.74, 6) is -0.213. The van der Waals surface area contributed by atoms with E-state index in [1.54, 1.807) is 12.1 Å². The van der Waals surface area contributed by atoms with Crippen molar-refractivity contribution in [1.82, 2.24) is 5.32 Å². The van der Waals surface area contributed by atoms with E-state index in [2.05, 4.69) is 11.4 Å². The summed E-state index contributed by atoms with van der Waals surface area (Å²) in [6.07, 6.45) is 1.42. The van der Waals surface area contributed by atoms with E-state index in [0.29, 0.717) is 6.42 Å². The Morgan fingerprint density at radius 2 is 2.07 bits per heavy atom. The Morgan fingerprint density at radius 3 is 2.67 bits per heavy atom. The highest BCUT2D eigenvalue weighted by molar-refractivity contribution is 5.19. The van der Waals surface area contributed by atoms with E-state index in [4.69, 9.17) is 5.26 Å². The number of benzene rings is 1. The fourth-order valence-electron chi connectivity index (χ4n) is 1.36. The molecule has 1 rings (SSSR count). The predicted octanol–water partition coefficient (Wildman–Crippen LogP) is 2.78. The van der Waals surface area contributed by atoms with Crippen molar-refractivity contribution >= 4 is 0 Å². The van der Waals surface area contributed by atoms with Crippen molar-refractivity contribution in [1.29, 1.82) is 5.26 Å². The van der Waals surface area contributed by atoms with Gasteiger partial charge in [0.2, 0.25) is 0 Å². The lowest BCUT2D eigenvalue weighted by Gasteiger charge is -2.13. The largest absolute Gasteiger partial charge is 0.310 e. The van der Waals surface area contributed by atoms with E-state index in [9.17, 15) is 4.39 Å². The third-order valence-corrected chi connectivity index (χ3v) is 2.29. The zero-order valence-electron chi connectivity index (χ0n) is 8.83. The van der Waals surface area contributed by atoms with Gasteiger partial charge in [0, 0.05) is 12.5 Å². The highest BCUT2D eigenvalue weighted by atomic mass is 19.1. The molecular formula is C12H15FN2. The molecule has 3 heteroatoms. The van der Waals surface area contributed by atoms with Crippen LogP contribution in [0.25, 0.3) is 0 Å². The third-order valence-electron chi connectivity index (χ3n) is 2.29. The Labute approximate surface area is 89.7 Å². The molecule has 0 fully saturated rings. The first-order chi connectivity index (χ1) is 7.24. The standard InChI is InChI=1S/C12H15FN2/c1-10(15-9-3-2-8-14)11-4-6-12(13)7-5-11/h4-7,10,15H,2-3,9H2,1H3/t10-/m1/s1. The molecule has 1 N–H and O–H groups in total. The van der Waals surface area contributed by atoms with Crippen LogP contribution in [-0.2, 0) is 0 Å². The number of rotatable bonds is 5. The fraction of sp³-hybridized carbons (Fsp3) is 0.417. The Balaban J connectivity index is 2.37. The predicted molar refractivity (Wildman–Crippen MR) is 57.7 cm³/mol. The van der Waals surface area contributed by atoms with Gasteiger partial charge in [-0.15, -0.1) is 0 Å². The maximum absolute atomic E-state index is 12.6. The first-order valence-electron chi connectivity index (χ1n) is 5.10. The Hall–Kier alpha value is -1.40. The summed E-state index contributed by atoms with van der Waals surface area (Å²) >= 11 is 0. The second-order valence-corrected chi connectivity index (χ2v) is 3.49. The molecular weight excluding hydrogens is 191 g/mol. The smallest absolute Gasteiger partial charge is 0.123 e. The van der Waals surface area contributed by atoms with E-state index in [1.165, 1.54) is 12.1 Å². The van der Waals surface area contributed by atoms with Crippen molar-refractivity contribution in [2.75, 3.05) is 6.54 Å². The molecule has 0 aromatic heterocycles. The minimum atomic E-state index is -0.213. The van der Waals surface area contributed by atoms with Crippen molar-refractivity contribution in [2.45, 2.75) is 25.8 Å². The summed E-state index contributed by atoms with van der Waals surface area (Å²) in [5.41, 5.74) is 1.06. The van der Waals surface area contributed by atoms with E-state index < -0.39 is 0 Å². The van der Waals surface area contributed by atoms with Crippen molar-refractivity contribution < 1.29 is 4.39 Å². The van der Waals surface area contributed by atoms with Crippen LogP contribution in [0.1, 0.15) is 31.4 Å². The van der Waals surface area contributed by atoms with Gasteiger partial charge in [-0.3, -0.25) is 0 Å². The molecule has 0 radical (unpaired) electrons. The van der Waals surface area contributed by atoms with E-state index >= 15 is 0 Å². The van der Waals surface area contributed by atoms with Gasteiger partial charge in [-0.25, -0.2) is 4.39 Å². The summed E-state index contributed by atoms with van der Waals surface area (Å²) in [5, 5.41) is 11.6. The molecule has 0 amide bonds. The molecule has 0 saturated carbocycles. The number of nitrogens with one attached hydrogen (secondary N) is 1. The number of hydrogen-bond donors (Lipinski definition) is 1. The zero-order chi connectivity index (χ0) is 11.1. The van der Waals surface area contributed by atoms with E-state index in [0.717, 1.165) is 18.5 Å².